The number of nitrogens with one attached hydrogen (secondary N) is 2. The standard InChI is InChI=1S/C64H100N4O22/c1-15-48(85-12)52(64(82)89-30-29-65-54(69)38-17-19-39(20-18-38)67(8)9)44(59(75)76)23-22-41(84-11)32-47-42(56(71)68(57(47)72)34-36(5)6)25-27-49(86-13)51(55(70)66-33-35(3)4)43(58(73)74)26-28-50(87-14)53(63(81)88-16-2)45(60(77)78)24-21-40(83-10)31-46-37(7)61(79)90-62(46)80/h17-20,35-37,40-53H,15-16,21-34H2,1-14H3,(H,65,69)(H,66,70)(H,73,74)(H,75,76)(H,77,78). The first kappa shape index (κ1) is 77.6. The van der Waals surface area contributed by atoms with Crippen molar-refractivity contribution >= 4 is 71.1 Å². The summed E-state index contributed by atoms with van der Waals surface area (Å²) in [4.78, 5) is 152. The van der Waals surface area contributed by atoms with E-state index >= 15 is 0 Å². The highest BCUT2D eigenvalue weighted by Crippen LogP contribution is 2.40. The second kappa shape index (κ2) is 38.3. The Labute approximate surface area is 528 Å². The van der Waals surface area contributed by atoms with Crippen molar-refractivity contribution in [2.75, 3.05) is 87.4 Å². The number of aliphatic carboxylic acids is 3. The minimum atomic E-state index is -1.57. The van der Waals surface area contributed by atoms with Crippen LogP contribution < -0.4 is 15.5 Å². The highest BCUT2D eigenvalue weighted by molar-refractivity contribution is 6.05. The van der Waals surface area contributed by atoms with Crippen molar-refractivity contribution in [2.24, 2.45) is 71.0 Å². The molecule has 0 aliphatic carbocycles. The number of hydrogen-bond acceptors (Lipinski definition) is 20. The van der Waals surface area contributed by atoms with E-state index in [0.29, 0.717) is 5.56 Å². The number of likely N-dealkylation sites (tertiary alicyclic amines) is 1. The van der Waals surface area contributed by atoms with Crippen LogP contribution >= 0.6 is 0 Å². The molecular formula is C64H100N4O22. The lowest BCUT2D eigenvalue weighted by Gasteiger charge is -2.33. The van der Waals surface area contributed by atoms with Gasteiger partial charge in [0.15, 0.2) is 0 Å². The van der Waals surface area contributed by atoms with Crippen LogP contribution in [0.25, 0.3) is 0 Å². The zero-order chi connectivity index (χ0) is 67.7. The number of hydrogen-bond donors (Lipinski definition) is 5. The topological polar surface area (TPSA) is 353 Å². The van der Waals surface area contributed by atoms with E-state index in [1.807, 2.05) is 46.7 Å². The second-order valence-electron chi connectivity index (χ2n) is 24.4. The summed E-state index contributed by atoms with van der Waals surface area (Å²) >= 11 is 0. The third-order valence-corrected chi connectivity index (χ3v) is 17.4. The van der Waals surface area contributed by atoms with Crippen molar-refractivity contribution in [3.05, 3.63) is 29.8 Å². The average Bonchev–Trinajstić information content (AvgIpc) is 1.81. The Morgan fingerprint density at radius 2 is 1.08 bits per heavy atom. The number of esters is 4. The fourth-order valence-corrected chi connectivity index (χ4v) is 12.2. The Kier molecular flexibility index (Phi) is 33.0. The Balaban J connectivity index is 1.94. The van der Waals surface area contributed by atoms with Gasteiger partial charge >= 0.3 is 41.8 Å². The molecule has 26 nitrogen and oxygen atoms in total. The lowest BCUT2D eigenvalue weighted by Crippen LogP contribution is -2.47. The highest BCUT2D eigenvalue weighted by Gasteiger charge is 2.51. The van der Waals surface area contributed by atoms with Crippen LogP contribution in [0.15, 0.2) is 24.3 Å². The van der Waals surface area contributed by atoms with E-state index < -0.39 is 155 Å². The van der Waals surface area contributed by atoms with Gasteiger partial charge in [-0.05, 0) is 114 Å². The number of carboxylic acids is 3. The molecule has 0 spiro atoms. The van der Waals surface area contributed by atoms with E-state index in [0.717, 1.165) is 5.69 Å². The number of cyclic esters (lactones) is 2. The molecule has 2 saturated heterocycles. The Morgan fingerprint density at radius 3 is 1.53 bits per heavy atom. The number of anilines is 1. The van der Waals surface area contributed by atoms with Crippen molar-refractivity contribution in [1.82, 2.24) is 15.5 Å². The van der Waals surface area contributed by atoms with Gasteiger partial charge in [-0.1, -0.05) is 41.5 Å². The van der Waals surface area contributed by atoms with Crippen LogP contribution in [0.3, 0.4) is 0 Å². The number of rotatable bonds is 44. The molecule has 0 radical (unpaired) electrons. The molecule has 0 aromatic heterocycles. The van der Waals surface area contributed by atoms with E-state index in [1.54, 1.807) is 31.2 Å². The van der Waals surface area contributed by atoms with Crippen molar-refractivity contribution in [3.8, 4) is 0 Å². The van der Waals surface area contributed by atoms with Crippen LogP contribution in [0.5, 0.6) is 0 Å². The maximum absolute atomic E-state index is 14.5. The van der Waals surface area contributed by atoms with Crippen molar-refractivity contribution in [1.29, 1.82) is 0 Å². The van der Waals surface area contributed by atoms with Gasteiger partial charge in [-0.3, -0.25) is 57.6 Å². The molecule has 15 atom stereocenters. The van der Waals surface area contributed by atoms with Gasteiger partial charge in [0, 0.05) is 74.0 Å². The molecule has 2 aliphatic heterocycles. The number of imide groups is 1. The lowest BCUT2D eigenvalue weighted by molar-refractivity contribution is -0.165. The van der Waals surface area contributed by atoms with E-state index in [4.69, 9.17) is 37.9 Å². The summed E-state index contributed by atoms with van der Waals surface area (Å²) in [6, 6.07) is 6.87. The number of carbonyl (C=O) groups is 11. The SMILES string of the molecule is CCOC(=O)C(C(CCC(C(=O)O)C(C(=O)NCC(C)C)C(CCC1C(=O)N(CC(C)C)C(=O)C1CC(CCC(C(=O)O)C(C(=O)OCCNC(=O)c1ccc(N(C)C)cc1)C(CC)OC)OC)OC)OC)C(CCC(CC1C(=O)OC(=O)C1C)OC)C(=O)O. The smallest absolute Gasteiger partial charge is 0.317 e. The monoisotopic (exact) mass is 1280 g/mol. The predicted octanol–water partition coefficient (Wildman–Crippen LogP) is 5.29. The fraction of sp³-hybridized carbons (Fsp3) is 0.734. The molecule has 508 valence electrons. The van der Waals surface area contributed by atoms with Gasteiger partial charge in [0.25, 0.3) is 5.91 Å². The van der Waals surface area contributed by atoms with E-state index in [-0.39, 0.29) is 115 Å². The molecule has 0 bridgehead atoms. The first-order valence-electron chi connectivity index (χ1n) is 31.2. The lowest BCUT2D eigenvalue weighted by atomic mass is 9.76. The summed E-state index contributed by atoms with van der Waals surface area (Å²) in [6.45, 7) is 11.8. The molecular weight excluding hydrogens is 1180 g/mol. The van der Waals surface area contributed by atoms with E-state index in [1.165, 1.54) is 54.3 Å². The summed E-state index contributed by atoms with van der Waals surface area (Å²) in [5.74, 6) is -22.2. The first-order valence-corrected chi connectivity index (χ1v) is 31.2. The number of benzene rings is 1. The maximum atomic E-state index is 14.5. The summed E-state index contributed by atoms with van der Waals surface area (Å²) in [5.41, 5.74) is 1.28. The molecule has 2 aliphatic rings. The van der Waals surface area contributed by atoms with E-state index in [9.17, 15) is 68.1 Å². The molecule has 2 heterocycles. The normalized spacial score (nSPS) is 20.5. The van der Waals surface area contributed by atoms with Crippen molar-refractivity contribution in [3.63, 3.8) is 0 Å². The van der Waals surface area contributed by atoms with Gasteiger partial charge in [-0.25, -0.2) is 0 Å². The quantitative estimate of drug-likeness (QED) is 0.0182. The molecule has 1 aromatic carbocycles. The Hall–Kier alpha value is -6.61. The largest absolute Gasteiger partial charge is 0.481 e. The van der Waals surface area contributed by atoms with Gasteiger partial charge in [-0.15, -0.1) is 0 Å². The first-order chi connectivity index (χ1) is 42.6. The average molecular weight is 1280 g/mol. The number of methoxy groups -OCH3 is 5. The number of carboxylic acid groups (broad SMARTS) is 3. The van der Waals surface area contributed by atoms with Crippen LogP contribution in [0.1, 0.15) is 129 Å². The Morgan fingerprint density at radius 1 is 0.589 bits per heavy atom. The van der Waals surface area contributed by atoms with Crippen LogP contribution in [-0.2, 0) is 85.8 Å². The van der Waals surface area contributed by atoms with Gasteiger partial charge in [0.05, 0.1) is 103 Å². The molecule has 2 fully saturated rings. The second-order valence-corrected chi connectivity index (χ2v) is 24.4. The van der Waals surface area contributed by atoms with Crippen LogP contribution in [0.4, 0.5) is 5.69 Å². The number of carbonyl (C=O) groups excluding carboxylic acids is 8. The number of amides is 4. The number of nitrogens with zero attached hydrogens (tertiary/aromatic N) is 2. The van der Waals surface area contributed by atoms with E-state index in [2.05, 4.69) is 10.6 Å². The summed E-state index contributed by atoms with van der Waals surface area (Å²) < 4.78 is 44.7. The molecule has 3 rings (SSSR count). The van der Waals surface area contributed by atoms with Gasteiger partial charge in [0.2, 0.25) is 17.7 Å². The third kappa shape index (κ3) is 22.1. The van der Waals surface area contributed by atoms with Crippen LogP contribution in [0.2, 0.25) is 0 Å². The summed E-state index contributed by atoms with van der Waals surface area (Å²) in [7, 11) is 10.3. The highest BCUT2D eigenvalue weighted by atomic mass is 16.6. The molecule has 5 N–H and O–H groups in total. The van der Waals surface area contributed by atoms with Crippen molar-refractivity contribution < 1.29 is 106 Å². The number of ether oxygens (including phenoxy) is 8. The minimum absolute atomic E-state index is 0.00463. The maximum Gasteiger partial charge on any atom is 0.317 e. The molecule has 4 amide bonds. The molecule has 1 aromatic rings. The molecule has 90 heavy (non-hydrogen) atoms. The fourth-order valence-electron chi connectivity index (χ4n) is 12.2. The zero-order valence-corrected chi connectivity index (χ0v) is 54.9. The summed E-state index contributed by atoms with van der Waals surface area (Å²) in [6.07, 6.45) is -6.04. The van der Waals surface area contributed by atoms with Crippen LogP contribution in [0, 0.1) is 71.0 Å². The minimum Gasteiger partial charge on any atom is -0.481 e. The van der Waals surface area contributed by atoms with Gasteiger partial charge in [-0.2, -0.15) is 0 Å². The zero-order valence-electron chi connectivity index (χ0n) is 54.9. The van der Waals surface area contributed by atoms with Gasteiger partial charge in [0.1, 0.15) is 6.61 Å². The predicted molar refractivity (Wildman–Crippen MR) is 325 cm³/mol. The van der Waals surface area contributed by atoms with Crippen molar-refractivity contribution in [2.45, 2.75) is 150 Å². The van der Waals surface area contributed by atoms with Crippen LogP contribution in [-0.4, -0.2) is 199 Å². The molecule has 26 heteroatoms. The molecule has 15 unspecified atom stereocenters. The Bertz CT molecular complexity index is 2540. The van der Waals surface area contributed by atoms with Gasteiger partial charge < -0.3 is 68.7 Å². The third-order valence-electron chi connectivity index (χ3n) is 17.4. The molecule has 0 saturated carbocycles. The summed E-state index contributed by atoms with van der Waals surface area (Å²) in [5, 5.41) is 38.0.